The first-order valence-electron chi connectivity index (χ1n) is 6.58. The highest BCUT2D eigenvalue weighted by molar-refractivity contribution is 4.86. The maximum Gasteiger partial charge on any atom is 0.140 e. The lowest BCUT2D eigenvalue weighted by Gasteiger charge is -2.33. The molecule has 1 saturated carbocycles. The first-order chi connectivity index (χ1) is 8.31. The van der Waals surface area contributed by atoms with Gasteiger partial charge in [0.15, 0.2) is 0 Å². The molecule has 1 aromatic rings. The first-order valence-corrected chi connectivity index (χ1v) is 6.58. The topological polar surface area (TPSA) is 60.0 Å². The van der Waals surface area contributed by atoms with Crippen molar-refractivity contribution in [3.63, 3.8) is 0 Å². The number of aryl methyl sites for hydroxylation is 1. The number of aromatic nitrogens is 3. The van der Waals surface area contributed by atoms with E-state index in [1.165, 1.54) is 32.1 Å². The summed E-state index contributed by atoms with van der Waals surface area (Å²) in [6.45, 7) is 2.55. The van der Waals surface area contributed by atoms with E-state index in [2.05, 4.69) is 15.0 Å². The van der Waals surface area contributed by atoms with E-state index < -0.39 is 0 Å². The maximum absolute atomic E-state index is 5.72. The molecule has 2 rings (SSSR count). The third-order valence-electron chi connectivity index (χ3n) is 3.66. The molecule has 1 heterocycles. The lowest BCUT2D eigenvalue weighted by atomic mass is 9.94. The van der Waals surface area contributed by atoms with Crippen molar-refractivity contribution in [1.29, 1.82) is 0 Å². The van der Waals surface area contributed by atoms with Crippen molar-refractivity contribution in [2.75, 3.05) is 13.1 Å². The Morgan fingerprint density at radius 3 is 2.76 bits per heavy atom. The highest BCUT2D eigenvalue weighted by Crippen LogP contribution is 2.23. The molecule has 1 aliphatic rings. The minimum Gasteiger partial charge on any atom is -0.329 e. The summed E-state index contributed by atoms with van der Waals surface area (Å²) in [5, 5.41) is 4.12. The van der Waals surface area contributed by atoms with Crippen LogP contribution in [0.4, 0.5) is 0 Å². The van der Waals surface area contributed by atoms with Gasteiger partial charge >= 0.3 is 0 Å². The molecule has 0 amide bonds. The largest absolute Gasteiger partial charge is 0.329 e. The number of nitrogens with zero attached hydrogens (tertiary/aromatic N) is 4. The summed E-state index contributed by atoms with van der Waals surface area (Å²) < 4.78 is 1.85. The minimum atomic E-state index is 0.684. The van der Waals surface area contributed by atoms with Crippen LogP contribution in [-0.4, -0.2) is 38.8 Å². The van der Waals surface area contributed by atoms with Crippen molar-refractivity contribution in [3.05, 3.63) is 12.2 Å². The number of hydrogen-bond acceptors (Lipinski definition) is 4. The molecule has 5 nitrogen and oxygen atoms in total. The Morgan fingerprint density at radius 1 is 1.41 bits per heavy atom. The van der Waals surface area contributed by atoms with Crippen LogP contribution in [0.15, 0.2) is 6.33 Å². The lowest BCUT2D eigenvalue weighted by molar-refractivity contribution is 0.147. The summed E-state index contributed by atoms with van der Waals surface area (Å²) >= 11 is 0. The fraction of sp³-hybridized carbons (Fsp3) is 0.833. The van der Waals surface area contributed by atoms with E-state index in [1.807, 2.05) is 11.7 Å². The molecule has 2 N–H and O–H groups in total. The van der Waals surface area contributed by atoms with Gasteiger partial charge in [-0.1, -0.05) is 19.3 Å². The van der Waals surface area contributed by atoms with Gasteiger partial charge in [0.1, 0.15) is 12.2 Å². The third kappa shape index (κ3) is 3.26. The molecule has 1 fully saturated rings. The molecule has 0 atom stereocenters. The predicted molar refractivity (Wildman–Crippen MR) is 67.3 cm³/mol. The molecule has 17 heavy (non-hydrogen) atoms. The minimum absolute atomic E-state index is 0.684. The second kappa shape index (κ2) is 6.12. The Labute approximate surface area is 103 Å². The molecule has 96 valence electrons. The van der Waals surface area contributed by atoms with E-state index in [1.54, 1.807) is 6.33 Å². The Kier molecular flexibility index (Phi) is 4.50. The van der Waals surface area contributed by atoms with E-state index in [9.17, 15) is 0 Å². The van der Waals surface area contributed by atoms with Gasteiger partial charge in [-0.25, -0.2) is 4.98 Å². The molecular weight excluding hydrogens is 214 g/mol. The fourth-order valence-electron chi connectivity index (χ4n) is 2.65. The highest BCUT2D eigenvalue weighted by atomic mass is 15.3. The molecular formula is C12H23N5. The number of nitrogens with two attached hydrogens (primary N) is 1. The van der Waals surface area contributed by atoms with E-state index in [0.717, 1.165) is 18.9 Å². The van der Waals surface area contributed by atoms with Gasteiger partial charge in [-0.05, 0) is 12.8 Å². The maximum atomic E-state index is 5.72. The number of hydrogen-bond donors (Lipinski definition) is 1. The normalized spacial score (nSPS) is 17.8. The average molecular weight is 237 g/mol. The average Bonchev–Trinajstić information content (AvgIpc) is 2.76. The van der Waals surface area contributed by atoms with Crippen LogP contribution in [0, 0.1) is 0 Å². The molecule has 0 spiro atoms. The summed E-state index contributed by atoms with van der Waals surface area (Å²) in [7, 11) is 1.95. The Balaban J connectivity index is 1.98. The number of rotatable bonds is 5. The second-order valence-corrected chi connectivity index (χ2v) is 4.85. The van der Waals surface area contributed by atoms with Crippen molar-refractivity contribution in [2.45, 2.75) is 44.7 Å². The standard InChI is InChI=1S/C12H23N5/c1-16-12(14-10-15-16)9-17(8-7-13)11-5-3-2-4-6-11/h10-11H,2-9,13H2,1H3. The molecule has 0 bridgehead atoms. The summed E-state index contributed by atoms with van der Waals surface area (Å²) in [6, 6.07) is 0.684. The summed E-state index contributed by atoms with van der Waals surface area (Å²) in [6.07, 6.45) is 8.32. The van der Waals surface area contributed by atoms with Crippen LogP contribution in [0.1, 0.15) is 37.9 Å². The third-order valence-corrected chi connectivity index (χ3v) is 3.66. The molecule has 5 heteroatoms. The van der Waals surface area contributed by atoms with Crippen LogP contribution in [0.25, 0.3) is 0 Å². The SMILES string of the molecule is Cn1ncnc1CN(CCN)C1CCCCC1. The molecule has 1 aliphatic carbocycles. The van der Waals surface area contributed by atoms with E-state index in [-0.39, 0.29) is 0 Å². The quantitative estimate of drug-likeness (QED) is 0.827. The predicted octanol–water partition coefficient (Wildman–Crippen LogP) is 0.908. The van der Waals surface area contributed by atoms with E-state index in [4.69, 9.17) is 5.73 Å². The first kappa shape index (κ1) is 12.5. The molecule has 0 aromatic carbocycles. The summed E-state index contributed by atoms with van der Waals surface area (Å²) in [5.41, 5.74) is 5.72. The van der Waals surface area contributed by atoms with Crippen molar-refractivity contribution in [3.8, 4) is 0 Å². The van der Waals surface area contributed by atoms with Crippen LogP contribution in [0.5, 0.6) is 0 Å². The molecule has 0 unspecified atom stereocenters. The van der Waals surface area contributed by atoms with Crippen LogP contribution < -0.4 is 5.73 Å². The molecule has 0 aliphatic heterocycles. The van der Waals surface area contributed by atoms with Crippen molar-refractivity contribution in [1.82, 2.24) is 19.7 Å². The van der Waals surface area contributed by atoms with Gasteiger partial charge < -0.3 is 5.73 Å². The van der Waals surface area contributed by atoms with Gasteiger partial charge in [0, 0.05) is 26.2 Å². The zero-order valence-electron chi connectivity index (χ0n) is 10.7. The smallest absolute Gasteiger partial charge is 0.140 e. The van der Waals surface area contributed by atoms with Gasteiger partial charge in [0.25, 0.3) is 0 Å². The monoisotopic (exact) mass is 237 g/mol. The van der Waals surface area contributed by atoms with Gasteiger partial charge in [0.05, 0.1) is 6.54 Å². The zero-order chi connectivity index (χ0) is 12.1. The fourth-order valence-corrected chi connectivity index (χ4v) is 2.65. The zero-order valence-corrected chi connectivity index (χ0v) is 10.7. The van der Waals surface area contributed by atoms with Gasteiger partial charge in [-0.15, -0.1) is 0 Å². The van der Waals surface area contributed by atoms with Crippen LogP contribution in [0.2, 0.25) is 0 Å². The van der Waals surface area contributed by atoms with Gasteiger partial charge in [0.2, 0.25) is 0 Å². The summed E-state index contributed by atoms with van der Waals surface area (Å²) in [5.74, 6) is 1.03. The molecule has 0 saturated heterocycles. The van der Waals surface area contributed by atoms with E-state index >= 15 is 0 Å². The van der Waals surface area contributed by atoms with Crippen LogP contribution >= 0.6 is 0 Å². The van der Waals surface area contributed by atoms with Gasteiger partial charge in [-0.2, -0.15) is 5.10 Å². The van der Waals surface area contributed by atoms with Crippen LogP contribution in [-0.2, 0) is 13.6 Å². The Bertz CT molecular complexity index is 329. The van der Waals surface area contributed by atoms with E-state index in [0.29, 0.717) is 12.6 Å². The van der Waals surface area contributed by atoms with Gasteiger partial charge in [-0.3, -0.25) is 9.58 Å². The molecule has 1 aromatic heterocycles. The lowest BCUT2D eigenvalue weighted by Crippen LogP contribution is -2.40. The second-order valence-electron chi connectivity index (χ2n) is 4.85. The van der Waals surface area contributed by atoms with Crippen molar-refractivity contribution < 1.29 is 0 Å². The van der Waals surface area contributed by atoms with Crippen LogP contribution in [0.3, 0.4) is 0 Å². The van der Waals surface area contributed by atoms with Crippen molar-refractivity contribution >= 4 is 0 Å². The Morgan fingerprint density at radius 2 is 2.18 bits per heavy atom. The Hall–Kier alpha value is -0.940. The van der Waals surface area contributed by atoms with Crippen molar-refractivity contribution in [2.24, 2.45) is 12.8 Å². The summed E-state index contributed by atoms with van der Waals surface area (Å²) in [4.78, 5) is 6.78. The highest BCUT2D eigenvalue weighted by Gasteiger charge is 2.21. The molecule has 0 radical (unpaired) electrons.